The Kier molecular flexibility index (Phi) is 3.01. The van der Waals surface area contributed by atoms with Crippen LogP contribution in [0.3, 0.4) is 0 Å². The summed E-state index contributed by atoms with van der Waals surface area (Å²) in [6, 6.07) is 9.99. The molecule has 1 N–H and O–H groups in total. The van der Waals surface area contributed by atoms with Gasteiger partial charge in [0.1, 0.15) is 5.75 Å². The molecule has 92 valence electrons. The summed E-state index contributed by atoms with van der Waals surface area (Å²) in [4.78, 5) is 4.06. The van der Waals surface area contributed by atoms with E-state index in [1.54, 1.807) is 6.07 Å². The lowest BCUT2D eigenvalue weighted by Gasteiger charge is -2.24. The second-order valence-corrected chi connectivity index (χ2v) is 5.12. The lowest BCUT2D eigenvalue weighted by molar-refractivity contribution is 0.447. The van der Waals surface area contributed by atoms with E-state index < -0.39 is 0 Å². The van der Waals surface area contributed by atoms with E-state index in [-0.39, 0.29) is 0 Å². The Hall–Kier alpha value is -1.83. The molecule has 1 heterocycles. The molecule has 18 heavy (non-hydrogen) atoms. The van der Waals surface area contributed by atoms with Gasteiger partial charge in [0.05, 0.1) is 0 Å². The number of fused-ring (bicyclic) bond motifs is 1. The largest absolute Gasteiger partial charge is 0.508 e. The molecule has 0 saturated carbocycles. The van der Waals surface area contributed by atoms with E-state index in [4.69, 9.17) is 0 Å². The van der Waals surface area contributed by atoms with Crippen LogP contribution in [0.2, 0.25) is 0 Å². The van der Waals surface area contributed by atoms with E-state index in [1.807, 2.05) is 18.5 Å². The first-order chi connectivity index (χ1) is 8.81. The minimum Gasteiger partial charge on any atom is -0.508 e. The number of hydrogen-bond acceptors (Lipinski definition) is 2. The highest BCUT2D eigenvalue weighted by molar-refractivity contribution is 5.36. The van der Waals surface area contributed by atoms with Crippen LogP contribution in [0.25, 0.3) is 0 Å². The van der Waals surface area contributed by atoms with E-state index >= 15 is 0 Å². The van der Waals surface area contributed by atoms with Crippen LogP contribution in [0.1, 0.15) is 23.1 Å². The van der Waals surface area contributed by atoms with Crippen molar-refractivity contribution in [3.63, 3.8) is 0 Å². The number of pyridine rings is 1. The zero-order valence-electron chi connectivity index (χ0n) is 10.3. The molecule has 1 aliphatic carbocycles. The molecule has 1 aromatic carbocycles. The molecular formula is C16H17NO. The predicted molar refractivity (Wildman–Crippen MR) is 71.6 cm³/mol. The molecule has 0 aliphatic heterocycles. The third-order valence-electron chi connectivity index (χ3n) is 3.79. The third-order valence-corrected chi connectivity index (χ3v) is 3.79. The molecule has 2 aromatic rings. The van der Waals surface area contributed by atoms with Gasteiger partial charge in [-0.05, 0) is 72.6 Å². The standard InChI is InChI=1S/C16H17NO/c18-16-4-3-14-10-13(1-2-15(14)11-16)9-12-5-7-17-8-6-12/h3-8,11,13,18H,1-2,9-10H2. The summed E-state index contributed by atoms with van der Waals surface area (Å²) in [5.41, 5.74) is 4.09. The van der Waals surface area contributed by atoms with Crippen LogP contribution in [-0.4, -0.2) is 10.1 Å². The molecule has 0 bridgehead atoms. The molecule has 0 fully saturated rings. The Morgan fingerprint density at radius 3 is 2.78 bits per heavy atom. The summed E-state index contributed by atoms with van der Waals surface area (Å²) in [6.45, 7) is 0. The van der Waals surface area contributed by atoms with Crippen LogP contribution in [0.15, 0.2) is 42.7 Å². The number of benzene rings is 1. The highest BCUT2D eigenvalue weighted by Gasteiger charge is 2.19. The Bertz CT molecular complexity index is 536. The quantitative estimate of drug-likeness (QED) is 0.873. The topological polar surface area (TPSA) is 33.1 Å². The van der Waals surface area contributed by atoms with E-state index in [2.05, 4.69) is 23.2 Å². The molecule has 1 aromatic heterocycles. The van der Waals surface area contributed by atoms with Gasteiger partial charge in [-0.3, -0.25) is 4.98 Å². The summed E-state index contributed by atoms with van der Waals surface area (Å²) in [7, 11) is 0. The number of hydrogen-bond donors (Lipinski definition) is 1. The van der Waals surface area contributed by atoms with Crippen molar-refractivity contribution in [3.05, 3.63) is 59.4 Å². The molecular weight excluding hydrogens is 222 g/mol. The molecule has 1 atom stereocenters. The lowest BCUT2D eigenvalue weighted by atomic mass is 9.81. The van der Waals surface area contributed by atoms with Gasteiger partial charge in [0, 0.05) is 12.4 Å². The van der Waals surface area contributed by atoms with Crippen LogP contribution >= 0.6 is 0 Å². The van der Waals surface area contributed by atoms with Crippen LogP contribution < -0.4 is 0 Å². The molecule has 0 saturated heterocycles. The van der Waals surface area contributed by atoms with E-state index in [0.717, 1.165) is 19.3 Å². The van der Waals surface area contributed by atoms with Crippen LogP contribution in [-0.2, 0) is 19.3 Å². The van der Waals surface area contributed by atoms with Crippen LogP contribution in [0.5, 0.6) is 5.75 Å². The number of aromatic hydroxyl groups is 1. The molecule has 1 aliphatic rings. The number of nitrogens with zero attached hydrogens (tertiary/aromatic N) is 1. The van der Waals surface area contributed by atoms with Gasteiger partial charge in [-0.25, -0.2) is 0 Å². The fourth-order valence-electron chi connectivity index (χ4n) is 2.84. The first kappa shape index (κ1) is 11.3. The van der Waals surface area contributed by atoms with Gasteiger partial charge in [-0.15, -0.1) is 0 Å². The molecule has 0 spiro atoms. The van der Waals surface area contributed by atoms with E-state index in [0.29, 0.717) is 11.7 Å². The van der Waals surface area contributed by atoms with Crippen molar-refractivity contribution < 1.29 is 5.11 Å². The fraction of sp³-hybridized carbons (Fsp3) is 0.312. The zero-order valence-corrected chi connectivity index (χ0v) is 10.3. The first-order valence-corrected chi connectivity index (χ1v) is 6.51. The number of aromatic nitrogens is 1. The summed E-state index contributed by atoms with van der Waals surface area (Å²) in [5.74, 6) is 1.10. The summed E-state index contributed by atoms with van der Waals surface area (Å²) < 4.78 is 0. The molecule has 0 amide bonds. The molecule has 0 radical (unpaired) electrons. The highest BCUT2D eigenvalue weighted by Crippen LogP contribution is 2.29. The minimum absolute atomic E-state index is 0.390. The van der Waals surface area contributed by atoms with Crippen molar-refractivity contribution in [3.8, 4) is 5.75 Å². The highest BCUT2D eigenvalue weighted by atomic mass is 16.3. The maximum Gasteiger partial charge on any atom is 0.115 e. The normalized spacial score (nSPS) is 18.3. The molecule has 3 rings (SSSR count). The third kappa shape index (κ3) is 2.37. The second kappa shape index (κ2) is 4.81. The number of phenols is 1. The number of aryl methyl sites for hydroxylation is 1. The Morgan fingerprint density at radius 2 is 1.94 bits per heavy atom. The maximum absolute atomic E-state index is 9.48. The van der Waals surface area contributed by atoms with Crippen molar-refractivity contribution in [2.24, 2.45) is 5.92 Å². The lowest BCUT2D eigenvalue weighted by Crippen LogP contribution is -2.16. The molecule has 2 heteroatoms. The van der Waals surface area contributed by atoms with Crippen molar-refractivity contribution in [2.45, 2.75) is 25.7 Å². The van der Waals surface area contributed by atoms with Crippen molar-refractivity contribution >= 4 is 0 Å². The summed E-state index contributed by atoms with van der Waals surface area (Å²) >= 11 is 0. The van der Waals surface area contributed by atoms with Gasteiger partial charge in [0.25, 0.3) is 0 Å². The van der Waals surface area contributed by atoms with Crippen LogP contribution in [0, 0.1) is 5.92 Å². The smallest absolute Gasteiger partial charge is 0.115 e. The monoisotopic (exact) mass is 239 g/mol. The van der Waals surface area contributed by atoms with E-state index in [9.17, 15) is 5.11 Å². The summed E-state index contributed by atoms with van der Waals surface area (Å²) in [6.07, 6.45) is 8.27. The van der Waals surface area contributed by atoms with Gasteiger partial charge in [-0.2, -0.15) is 0 Å². The minimum atomic E-state index is 0.390. The van der Waals surface area contributed by atoms with Crippen LogP contribution in [0.4, 0.5) is 0 Å². The predicted octanol–water partition coefficient (Wildman–Crippen LogP) is 3.13. The van der Waals surface area contributed by atoms with Crippen molar-refractivity contribution in [2.75, 3.05) is 0 Å². The average Bonchev–Trinajstić information content (AvgIpc) is 2.40. The Labute approximate surface area is 107 Å². The fourth-order valence-corrected chi connectivity index (χ4v) is 2.84. The second-order valence-electron chi connectivity index (χ2n) is 5.12. The molecule has 2 nitrogen and oxygen atoms in total. The summed E-state index contributed by atoms with van der Waals surface area (Å²) in [5, 5.41) is 9.48. The number of phenolic OH excluding ortho intramolecular Hbond substituents is 1. The first-order valence-electron chi connectivity index (χ1n) is 6.51. The van der Waals surface area contributed by atoms with Gasteiger partial charge in [0.15, 0.2) is 0 Å². The number of rotatable bonds is 2. The molecule has 1 unspecified atom stereocenters. The van der Waals surface area contributed by atoms with Crippen molar-refractivity contribution in [1.82, 2.24) is 4.98 Å². The Morgan fingerprint density at radius 1 is 1.11 bits per heavy atom. The average molecular weight is 239 g/mol. The van der Waals surface area contributed by atoms with Gasteiger partial charge in [0.2, 0.25) is 0 Å². The van der Waals surface area contributed by atoms with E-state index in [1.165, 1.54) is 23.1 Å². The zero-order chi connectivity index (χ0) is 12.4. The van der Waals surface area contributed by atoms with Crippen molar-refractivity contribution in [1.29, 1.82) is 0 Å². The SMILES string of the molecule is Oc1ccc2c(c1)CCC(Cc1ccncc1)C2. The van der Waals surface area contributed by atoms with Gasteiger partial charge < -0.3 is 5.11 Å². The Balaban J connectivity index is 1.73. The van der Waals surface area contributed by atoms with Gasteiger partial charge >= 0.3 is 0 Å². The van der Waals surface area contributed by atoms with Gasteiger partial charge in [-0.1, -0.05) is 6.07 Å². The maximum atomic E-state index is 9.48.